The van der Waals surface area contributed by atoms with E-state index in [0.29, 0.717) is 32.0 Å². The molecule has 0 aliphatic carbocycles. The number of hydrogen-bond acceptors (Lipinski definition) is 3. The number of benzene rings is 1. The predicted octanol–water partition coefficient (Wildman–Crippen LogP) is 1.77. The second-order valence-corrected chi connectivity index (χ2v) is 5.50. The molecule has 106 valence electrons. The first-order chi connectivity index (χ1) is 9.64. The molecule has 20 heavy (non-hydrogen) atoms. The smallest absolute Gasteiger partial charge is 0.346 e. The number of hydrogen-bond donors (Lipinski definition) is 1. The van der Waals surface area contributed by atoms with E-state index in [-0.39, 0.29) is 11.9 Å². The molecule has 2 aliphatic heterocycles. The van der Waals surface area contributed by atoms with Gasteiger partial charge in [-0.1, -0.05) is 37.3 Å². The second-order valence-electron chi connectivity index (χ2n) is 5.50. The minimum Gasteiger partial charge on any atom is -0.385 e. The largest absolute Gasteiger partial charge is 0.385 e. The molecule has 1 aromatic rings. The van der Waals surface area contributed by atoms with Gasteiger partial charge in [0.05, 0.1) is 6.61 Å². The summed E-state index contributed by atoms with van der Waals surface area (Å²) in [4.78, 5) is 18.1. The number of rotatable bonds is 2. The van der Waals surface area contributed by atoms with Crippen LogP contribution in [0.3, 0.4) is 0 Å². The highest BCUT2D eigenvalue weighted by Crippen LogP contribution is 2.38. The molecular weight excluding hydrogens is 254 g/mol. The third-order valence-electron chi connectivity index (χ3n) is 4.37. The van der Waals surface area contributed by atoms with Gasteiger partial charge in [-0.3, -0.25) is 0 Å². The van der Waals surface area contributed by atoms with Crippen LogP contribution in [0.2, 0.25) is 0 Å². The summed E-state index contributed by atoms with van der Waals surface area (Å²) >= 11 is 0. The second kappa shape index (κ2) is 4.90. The van der Waals surface area contributed by atoms with Gasteiger partial charge in [0.25, 0.3) is 0 Å². The van der Waals surface area contributed by atoms with E-state index in [1.165, 1.54) is 0 Å². The Kier molecular flexibility index (Phi) is 3.22. The Morgan fingerprint density at radius 2 is 2.20 bits per heavy atom. The fraction of sp³-hybridized carbons (Fsp3) is 0.467. The third-order valence-corrected chi connectivity index (χ3v) is 4.37. The first-order valence-corrected chi connectivity index (χ1v) is 6.92. The Labute approximate surface area is 118 Å². The molecule has 1 fully saturated rings. The van der Waals surface area contributed by atoms with Crippen LogP contribution in [-0.2, 0) is 11.3 Å². The van der Waals surface area contributed by atoms with Crippen molar-refractivity contribution >= 4 is 11.9 Å². The highest BCUT2D eigenvalue weighted by atomic mass is 16.5. The van der Waals surface area contributed by atoms with E-state index in [0.717, 1.165) is 5.56 Å². The Balaban J connectivity index is 1.93. The summed E-state index contributed by atoms with van der Waals surface area (Å²) in [6.07, 6.45) is 0.710. The summed E-state index contributed by atoms with van der Waals surface area (Å²) < 4.78 is 5.50. The Morgan fingerprint density at radius 3 is 2.90 bits per heavy atom. The number of amides is 2. The Bertz CT molecular complexity index is 543. The molecule has 2 N–H and O–H groups in total. The summed E-state index contributed by atoms with van der Waals surface area (Å²) in [7, 11) is 0. The standard InChI is InChI=1S/C15H19N3O2/c1-11-10-20-8-7-15(11)13(16)17-14(19)18(15)9-12-5-3-2-4-6-12/h2-6,11H,7-10H2,1H3,(H2,16,17,19). The van der Waals surface area contributed by atoms with E-state index < -0.39 is 5.54 Å². The minimum absolute atomic E-state index is 0.148. The van der Waals surface area contributed by atoms with Crippen LogP contribution in [0.4, 0.5) is 4.79 Å². The maximum Gasteiger partial charge on any atom is 0.346 e. The van der Waals surface area contributed by atoms with Gasteiger partial charge in [0.1, 0.15) is 11.4 Å². The topological polar surface area (TPSA) is 67.9 Å². The molecule has 0 saturated carbocycles. The summed E-state index contributed by atoms with van der Waals surface area (Å²) in [5, 5.41) is 0. The first-order valence-electron chi connectivity index (χ1n) is 6.92. The van der Waals surface area contributed by atoms with Crippen LogP contribution in [0.5, 0.6) is 0 Å². The third kappa shape index (κ3) is 1.89. The zero-order valence-electron chi connectivity index (χ0n) is 11.6. The maximum atomic E-state index is 12.2. The number of nitrogens with zero attached hydrogens (tertiary/aromatic N) is 2. The Morgan fingerprint density at radius 1 is 1.45 bits per heavy atom. The molecule has 2 amide bonds. The lowest BCUT2D eigenvalue weighted by atomic mass is 9.79. The first kappa shape index (κ1) is 13.1. The zero-order valence-corrected chi connectivity index (χ0v) is 11.6. The number of nitrogens with two attached hydrogens (primary N) is 1. The van der Waals surface area contributed by atoms with E-state index in [1.807, 2.05) is 35.2 Å². The number of carbonyl (C=O) groups is 1. The molecule has 3 rings (SSSR count). The summed E-state index contributed by atoms with van der Waals surface area (Å²) in [5.74, 6) is 0.587. The van der Waals surface area contributed by atoms with Crippen LogP contribution in [-0.4, -0.2) is 35.5 Å². The van der Waals surface area contributed by atoms with Gasteiger partial charge >= 0.3 is 6.03 Å². The molecule has 2 aliphatic rings. The van der Waals surface area contributed by atoms with Crippen LogP contribution in [0.25, 0.3) is 0 Å². The lowest BCUT2D eigenvalue weighted by molar-refractivity contribution is -0.0166. The lowest BCUT2D eigenvalue weighted by Gasteiger charge is -2.45. The van der Waals surface area contributed by atoms with Crippen molar-refractivity contribution in [1.82, 2.24) is 4.90 Å². The molecule has 1 saturated heterocycles. The van der Waals surface area contributed by atoms with Gasteiger partial charge in [-0.2, -0.15) is 4.99 Å². The molecule has 1 spiro atoms. The van der Waals surface area contributed by atoms with Crippen LogP contribution in [0.1, 0.15) is 18.9 Å². The van der Waals surface area contributed by atoms with Crippen LogP contribution in [0.15, 0.2) is 35.3 Å². The van der Waals surface area contributed by atoms with Crippen molar-refractivity contribution in [2.24, 2.45) is 16.6 Å². The van der Waals surface area contributed by atoms with Gasteiger partial charge in [-0.15, -0.1) is 0 Å². The average Bonchev–Trinajstić information content (AvgIpc) is 2.68. The molecule has 0 aromatic heterocycles. The molecule has 2 atom stereocenters. The van der Waals surface area contributed by atoms with Gasteiger partial charge in [-0.05, 0) is 5.56 Å². The number of aliphatic imine (C=N–C) groups is 1. The molecule has 0 bridgehead atoms. The quantitative estimate of drug-likeness (QED) is 0.893. The molecule has 2 unspecified atom stereocenters. The molecular formula is C15H19N3O2. The van der Waals surface area contributed by atoms with E-state index >= 15 is 0 Å². The lowest BCUT2D eigenvalue weighted by Crippen LogP contribution is -2.61. The van der Waals surface area contributed by atoms with E-state index in [2.05, 4.69) is 11.9 Å². The summed E-state index contributed by atoms with van der Waals surface area (Å²) in [6.45, 7) is 3.82. The molecule has 5 nitrogen and oxygen atoms in total. The van der Waals surface area contributed by atoms with Crippen molar-refractivity contribution in [1.29, 1.82) is 0 Å². The van der Waals surface area contributed by atoms with Gasteiger partial charge in [0.2, 0.25) is 0 Å². The van der Waals surface area contributed by atoms with Crippen LogP contribution >= 0.6 is 0 Å². The molecule has 2 heterocycles. The van der Waals surface area contributed by atoms with Gasteiger partial charge < -0.3 is 15.4 Å². The number of urea groups is 1. The van der Waals surface area contributed by atoms with Gasteiger partial charge in [0, 0.05) is 25.5 Å². The number of ether oxygens (including phenoxy) is 1. The van der Waals surface area contributed by atoms with E-state index in [4.69, 9.17) is 10.5 Å². The van der Waals surface area contributed by atoms with Crippen molar-refractivity contribution in [3.05, 3.63) is 35.9 Å². The molecule has 0 radical (unpaired) electrons. The van der Waals surface area contributed by atoms with E-state index in [9.17, 15) is 4.79 Å². The van der Waals surface area contributed by atoms with Gasteiger partial charge in [0.15, 0.2) is 0 Å². The maximum absolute atomic E-state index is 12.2. The highest BCUT2D eigenvalue weighted by Gasteiger charge is 2.53. The van der Waals surface area contributed by atoms with Crippen LogP contribution in [0, 0.1) is 5.92 Å². The Hall–Kier alpha value is -1.88. The summed E-state index contributed by atoms with van der Waals surface area (Å²) in [6, 6.07) is 9.70. The van der Waals surface area contributed by atoms with Gasteiger partial charge in [-0.25, -0.2) is 4.79 Å². The zero-order chi connectivity index (χ0) is 14.2. The van der Waals surface area contributed by atoms with Crippen LogP contribution < -0.4 is 5.73 Å². The van der Waals surface area contributed by atoms with Crippen molar-refractivity contribution in [3.8, 4) is 0 Å². The monoisotopic (exact) mass is 273 g/mol. The average molecular weight is 273 g/mol. The molecule has 5 heteroatoms. The molecule has 1 aromatic carbocycles. The fourth-order valence-corrected chi connectivity index (χ4v) is 3.20. The van der Waals surface area contributed by atoms with Crippen molar-refractivity contribution in [2.45, 2.75) is 25.4 Å². The van der Waals surface area contributed by atoms with Crippen molar-refractivity contribution < 1.29 is 9.53 Å². The summed E-state index contributed by atoms with van der Waals surface area (Å²) in [5.41, 5.74) is 6.71. The van der Waals surface area contributed by atoms with Crippen molar-refractivity contribution in [3.63, 3.8) is 0 Å². The fourth-order valence-electron chi connectivity index (χ4n) is 3.20. The SMILES string of the molecule is CC1COCCC12C(N)=NC(=O)N2Cc1ccccc1. The highest BCUT2D eigenvalue weighted by molar-refractivity contribution is 6.06. The van der Waals surface area contributed by atoms with E-state index in [1.54, 1.807) is 0 Å². The predicted molar refractivity (Wildman–Crippen MR) is 76.3 cm³/mol. The minimum atomic E-state index is -0.481. The van der Waals surface area contributed by atoms with Crippen molar-refractivity contribution in [2.75, 3.05) is 13.2 Å². The normalized spacial score (nSPS) is 29.9. The number of amidine groups is 1. The number of carbonyl (C=O) groups excluding carboxylic acids is 1.